The third-order valence-electron chi connectivity index (χ3n) is 3.41. The molecule has 4 N–H and O–H groups in total. The van der Waals surface area contributed by atoms with Crippen molar-refractivity contribution in [2.45, 2.75) is 23.9 Å². The van der Waals surface area contributed by atoms with E-state index in [0.29, 0.717) is 5.56 Å². The molecule has 0 heterocycles. The van der Waals surface area contributed by atoms with E-state index in [2.05, 4.69) is 4.72 Å². The van der Waals surface area contributed by atoms with Crippen LogP contribution in [0.25, 0.3) is 0 Å². The Morgan fingerprint density at radius 3 is 2.23 bits per heavy atom. The lowest BCUT2D eigenvalue weighted by Crippen LogP contribution is -2.42. The molecule has 0 saturated heterocycles. The normalized spacial score (nSPS) is 14.5. The van der Waals surface area contributed by atoms with Gasteiger partial charge in [-0.25, -0.2) is 13.1 Å². The number of aliphatic hydroxyl groups is 1. The summed E-state index contributed by atoms with van der Waals surface area (Å²) in [6, 6.07) is 14.1. The van der Waals surface area contributed by atoms with E-state index in [1.54, 1.807) is 48.5 Å². The van der Waals surface area contributed by atoms with E-state index in [9.17, 15) is 13.5 Å². The zero-order valence-corrected chi connectivity index (χ0v) is 13.1. The van der Waals surface area contributed by atoms with E-state index >= 15 is 0 Å². The average molecular weight is 320 g/mol. The maximum atomic E-state index is 12.5. The molecule has 5 nitrogen and oxygen atoms in total. The van der Waals surface area contributed by atoms with Gasteiger partial charge in [-0.2, -0.15) is 0 Å². The number of hydrogen-bond donors (Lipinski definition) is 3. The van der Waals surface area contributed by atoms with Gasteiger partial charge in [0.05, 0.1) is 17.5 Å². The number of nitrogens with two attached hydrogens (primary N) is 1. The number of sulfonamides is 1. The second kappa shape index (κ2) is 7.02. The molecule has 0 aliphatic carbocycles. The van der Waals surface area contributed by atoms with Crippen molar-refractivity contribution >= 4 is 10.0 Å². The Balaban J connectivity index is 2.32. The first kappa shape index (κ1) is 16.6. The number of rotatable bonds is 6. The average Bonchev–Trinajstić information content (AvgIpc) is 2.53. The molecular formula is C16H20N2O3S. The molecule has 118 valence electrons. The van der Waals surface area contributed by atoms with Gasteiger partial charge in [-0.05, 0) is 24.6 Å². The lowest BCUT2D eigenvalue weighted by molar-refractivity contribution is 0.245. The van der Waals surface area contributed by atoms with Gasteiger partial charge in [-0.1, -0.05) is 48.0 Å². The smallest absolute Gasteiger partial charge is 0.241 e. The minimum absolute atomic E-state index is 0.171. The summed E-state index contributed by atoms with van der Waals surface area (Å²) in [4.78, 5) is 0.171. The SMILES string of the molecule is Cc1ccc(S(=O)(=O)N[C@H](c2ccccc2)[C@@H](N)CO)cc1. The van der Waals surface area contributed by atoms with Gasteiger partial charge in [0, 0.05) is 6.04 Å². The van der Waals surface area contributed by atoms with Crippen LogP contribution in [0.2, 0.25) is 0 Å². The fraction of sp³-hybridized carbons (Fsp3) is 0.250. The van der Waals surface area contributed by atoms with Gasteiger partial charge in [0.15, 0.2) is 0 Å². The molecule has 0 amide bonds. The van der Waals surface area contributed by atoms with Gasteiger partial charge >= 0.3 is 0 Å². The fourth-order valence-electron chi connectivity index (χ4n) is 2.12. The summed E-state index contributed by atoms with van der Waals surface area (Å²) in [5.41, 5.74) is 7.57. The summed E-state index contributed by atoms with van der Waals surface area (Å²) in [5.74, 6) is 0. The van der Waals surface area contributed by atoms with Crippen molar-refractivity contribution in [3.05, 3.63) is 65.7 Å². The third-order valence-corrected chi connectivity index (χ3v) is 4.87. The van der Waals surface area contributed by atoms with E-state index in [4.69, 9.17) is 5.73 Å². The highest BCUT2D eigenvalue weighted by Crippen LogP contribution is 2.20. The maximum Gasteiger partial charge on any atom is 0.241 e. The predicted octanol–water partition coefficient (Wildman–Crippen LogP) is 1.33. The lowest BCUT2D eigenvalue weighted by Gasteiger charge is -2.24. The van der Waals surface area contributed by atoms with E-state index in [-0.39, 0.29) is 11.5 Å². The second-order valence-electron chi connectivity index (χ2n) is 5.17. The summed E-state index contributed by atoms with van der Waals surface area (Å²) < 4.78 is 27.6. The summed E-state index contributed by atoms with van der Waals surface area (Å²) in [7, 11) is -3.72. The van der Waals surface area contributed by atoms with Gasteiger partial charge in [-0.15, -0.1) is 0 Å². The minimum Gasteiger partial charge on any atom is -0.395 e. The Labute approximate surface area is 130 Å². The Morgan fingerprint density at radius 2 is 1.68 bits per heavy atom. The van der Waals surface area contributed by atoms with Crippen LogP contribution in [-0.4, -0.2) is 26.2 Å². The highest BCUT2D eigenvalue weighted by molar-refractivity contribution is 7.89. The molecule has 2 atom stereocenters. The highest BCUT2D eigenvalue weighted by atomic mass is 32.2. The number of nitrogens with one attached hydrogen (secondary N) is 1. The van der Waals surface area contributed by atoms with Crippen molar-refractivity contribution in [2.24, 2.45) is 5.73 Å². The molecule has 2 aromatic carbocycles. The molecule has 2 aromatic rings. The zero-order chi connectivity index (χ0) is 16.2. The molecule has 2 rings (SSSR count). The minimum atomic E-state index is -3.72. The van der Waals surface area contributed by atoms with Crippen molar-refractivity contribution in [3.63, 3.8) is 0 Å². The fourth-order valence-corrected chi connectivity index (χ4v) is 3.40. The Morgan fingerprint density at radius 1 is 1.09 bits per heavy atom. The number of hydrogen-bond acceptors (Lipinski definition) is 4. The van der Waals surface area contributed by atoms with E-state index < -0.39 is 22.1 Å². The van der Waals surface area contributed by atoms with Crippen LogP contribution in [0.3, 0.4) is 0 Å². The molecule has 0 aliphatic heterocycles. The standard InChI is InChI=1S/C16H20N2O3S/c1-12-7-9-14(10-8-12)22(20,21)18-16(15(17)11-19)13-5-3-2-4-6-13/h2-10,15-16,18-19H,11,17H2,1H3/t15-,16+/m0/s1. The van der Waals surface area contributed by atoms with E-state index in [1.807, 2.05) is 13.0 Å². The number of aryl methyl sites for hydroxylation is 1. The van der Waals surface area contributed by atoms with Crippen LogP contribution in [0.4, 0.5) is 0 Å². The first-order valence-electron chi connectivity index (χ1n) is 6.94. The quantitative estimate of drug-likeness (QED) is 0.749. The maximum absolute atomic E-state index is 12.5. The summed E-state index contributed by atoms with van der Waals surface area (Å²) in [6.07, 6.45) is 0. The Kier molecular flexibility index (Phi) is 5.31. The summed E-state index contributed by atoms with van der Waals surface area (Å²) in [6.45, 7) is 1.56. The van der Waals surface area contributed by atoms with Gasteiger partial charge in [0.25, 0.3) is 0 Å². The monoisotopic (exact) mass is 320 g/mol. The van der Waals surface area contributed by atoms with Crippen LogP contribution in [0.15, 0.2) is 59.5 Å². The molecule has 0 fully saturated rings. The van der Waals surface area contributed by atoms with Crippen molar-refractivity contribution in [2.75, 3.05) is 6.61 Å². The first-order chi connectivity index (χ1) is 10.4. The first-order valence-corrected chi connectivity index (χ1v) is 8.43. The van der Waals surface area contributed by atoms with E-state index in [1.165, 1.54) is 0 Å². The molecule has 0 unspecified atom stereocenters. The molecule has 0 bridgehead atoms. The molecule has 6 heteroatoms. The van der Waals surface area contributed by atoms with Crippen LogP contribution in [0, 0.1) is 6.92 Å². The van der Waals surface area contributed by atoms with Crippen LogP contribution >= 0.6 is 0 Å². The molecule has 0 aliphatic rings. The van der Waals surface area contributed by atoms with Gasteiger partial charge < -0.3 is 10.8 Å². The van der Waals surface area contributed by atoms with Crippen molar-refractivity contribution in [1.29, 1.82) is 0 Å². The van der Waals surface area contributed by atoms with Crippen molar-refractivity contribution in [1.82, 2.24) is 4.72 Å². The molecule has 0 spiro atoms. The van der Waals surface area contributed by atoms with Crippen LogP contribution in [-0.2, 0) is 10.0 Å². The molecule has 0 saturated carbocycles. The van der Waals surface area contributed by atoms with Crippen molar-refractivity contribution < 1.29 is 13.5 Å². The Bertz CT molecular complexity index is 700. The van der Waals surface area contributed by atoms with Gasteiger partial charge in [-0.3, -0.25) is 0 Å². The largest absolute Gasteiger partial charge is 0.395 e. The van der Waals surface area contributed by atoms with Gasteiger partial charge in [0.1, 0.15) is 0 Å². The molecular weight excluding hydrogens is 300 g/mol. The molecule has 0 aromatic heterocycles. The molecule has 22 heavy (non-hydrogen) atoms. The Hall–Kier alpha value is -1.73. The zero-order valence-electron chi connectivity index (χ0n) is 12.3. The second-order valence-corrected chi connectivity index (χ2v) is 6.88. The van der Waals surface area contributed by atoms with E-state index in [0.717, 1.165) is 5.56 Å². The van der Waals surface area contributed by atoms with Gasteiger partial charge in [0.2, 0.25) is 10.0 Å². The number of aliphatic hydroxyl groups excluding tert-OH is 1. The predicted molar refractivity (Wildman–Crippen MR) is 85.7 cm³/mol. The summed E-state index contributed by atoms with van der Waals surface area (Å²) in [5, 5.41) is 9.31. The highest BCUT2D eigenvalue weighted by Gasteiger charge is 2.25. The third kappa shape index (κ3) is 3.92. The molecule has 0 radical (unpaired) electrons. The van der Waals surface area contributed by atoms with Crippen LogP contribution < -0.4 is 10.5 Å². The van der Waals surface area contributed by atoms with Crippen LogP contribution in [0.5, 0.6) is 0 Å². The van der Waals surface area contributed by atoms with Crippen LogP contribution in [0.1, 0.15) is 17.2 Å². The number of benzene rings is 2. The lowest BCUT2D eigenvalue weighted by atomic mass is 10.0. The van der Waals surface area contributed by atoms with Crippen molar-refractivity contribution in [3.8, 4) is 0 Å². The topological polar surface area (TPSA) is 92.4 Å². The summed E-state index contributed by atoms with van der Waals surface area (Å²) >= 11 is 0.